The van der Waals surface area contributed by atoms with Crippen LogP contribution in [0.2, 0.25) is 10.0 Å². The van der Waals surface area contributed by atoms with Crippen LogP contribution in [0.1, 0.15) is 27.6 Å². The molecule has 0 atom stereocenters. The number of hydrogen-bond acceptors (Lipinski definition) is 5. The number of amides is 1. The molecule has 0 saturated heterocycles. The molecular formula is C23H20Cl2N2O5S. The van der Waals surface area contributed by atoms with Gasteiger partial charge in [0.25, 0.3) is 15.9 Å². The number of nitrogens with zero attached hydrogens (tertiary/aromatic N) is 1. The summed E-state index contributed by atoms with van der Waals surface area (Å²) in [6.07, 6.45) is 0. The van der Waals surface area contributed by atoms with E-state index in [-0.39, 0.29) is 22.1 Å². The van der Waals surface area contributed by atoms with Crippen molar-refractivity contribution in [3.63, 3.8) is 0 Å². The van der Waals surface area contributed by atoms with Gasteiger partial charge in [0, 0.05) is 17.6 Å². The molecule has 3 aromatic carbocycles. The Balaban J connectivity index is 1.74. The molecule has 33 heavy (non-hydrogen) atoms. The fourth-order valence-electron chi connectivity index (χ4n) is 2.88. The molecule has 0 saturated carbocycles. The number of esters is 1. The Morgan fingerprint density at radius 1 is 0.939 bits per heavy atom. The molecule has 3 rings (SSSR count). The van der Waals surface area contributed by atoms with Crippen LogP contribution in [-0.2, 0) is 14.8 Å². The van der Waals surface area contributed by atoms with Crippen molar-refractivity contribution in [1.29, 1.82) is 0 Å². The average Bonchev–Trinajstić information content (AvgIpc) is 2.80. The van der Waals surface area contributed by atoms with Crippen LogP contribution in [0.3, 0.4) is 0 Å². The van der Waals surface area contributed by atoms with Gasteiger partial charge in [0.05, 0.1) is 33.5 Å². The zero-order valence-corrected chi connectivity index (χ0v) is 20.0. The minimum atomic E-state index is -3.79. The van der Waals surface area contributed by atoms with Gasteiger partial charge >= 0.3 is 5.97 Å². The molecule has 10 heteroatoms. The number of halogens is 2. The number of nitrogens with one attached hydrogen (secondary N) is 1. The van der Waals surface area contributed by atoms with Crippen LogP contribution in [0, 0.1) is 0 Å². The average molecular weight is 507 g/mol. The third kappa shape index (κ3) is 5.65. The number of carbonyl (C=O) groups excluding carboxylic acids is 2. The van der Waals surface area contributed by atoms with Crippen LogP contribution in [0.25, 0.3) is 0 Å². The number of rotatable bonds is 7. The number of sulfonamides is 1. The van der Waals surface area contributed by atoms with E-state index in [0.29, 0.717) is 22.0 Å². The highest BCUT2D eigenvalue weighted by atomic mass is 35.5. The van der Waals surface area contributed by atoms with Gasteiger partial charge < -0.3 is 10.1 Å². The van der Waals surface area contributed by atoms with Crippen molar-refractivity contribution in [2.24, 2.45) is 0 Å². The highest BCUT2D eigenvalue weighted by Crippen LogP contribution is 2.26. The largest absolute Gasteiger partial charge is 0.462 e. The zero-order valence-electron chi connectivity index (χ0n) is 17.7. The summed E-state index contributed by atoms with van der Waals surface area (Å²) in [6, 6.07) is 16.3. The van der Waals surface area contributed by atoms with E-state index in [1.807, 2.05) is 0 Å². The topological polar surface area (TPSA) is 92.8 Å². The Hall–Kier alpha value is -3.07. The summed E-state index contributed by atoms with van der Waals surface area (Å²) >= 11 is 12.0. The van der Waals surface area contributed by atoms with Crippen molar-refractivity contribution in [3.8, 4) is 0 Å². The molecule has 3 aromatic rings. The Labute approximate surface area is 201 Å². The van der Waals surface area contributed by atoms with Crippen molar-refractivity contribution < 1.29 is 22.7 Å². The standard InChI is InChI=1S/C23H20Cl2N2O5S/c1-3-32-23(29)16-6-13-21(20(25)14-16)26-22(28)15-4-9-18(10-5-15)27(2)33(30,31)19-11-7-17(24)8-12-19/h4-14H,3H2,1-2H3,(H,26,28). The van der Waals surface area contributed by atoms with Crippen LogP contribution in [0.15, 0.2) is 71.6 Å². The highest BCUT2D eigenvalue weighted by Gasteiger charge is 2.21. The third-order valence-corrected chi connectivity index (χ3v) is 7.06. The lowest BCUT2D eigenvalue weighted by molar-refractivity contribution is 0.0526. The summed E-state index contributed by atoms with van der Waals surface area (Å²) in [7, 11) is -2.37. The van der Waals surface area contributed by atoms with E-state index in [0.717, 1.165) is 4.31 Å². The van der Waals surface area contributed by atoms with Gasteiger partial charge in [0.2, 0.25) is 0 Å². The lowest BCUT2D eigenvalue weighted by atomic mass is 10.1. The number of carbonyl (C=O) groups is 2. The van der Waals surface area contributed by atoms with Gasteiger partial charge in [0.15, 0.2) is 0 Å². The van der Waals surface area contributed by atoms with Crippen molar-refractivity contribution in [3.05, 3.63) is 87.9 Å². The summed E-state index contributed by atoms with van der Waals surface area (Å²) in [5.41, 5.74) is 1.26. The van der Waals surface area contributed by atoms with Crippen molar-refractivity contribution in [2.45, 2.75) is 11.8 Å². The summed E-state index contributed by atoms with van der Waals surface area (Å²) in [4.78, 5) is 24.5. The van der Waals surface area contributed by atoms with Gasteiger partial charge in [-0.2, -0.15) is 0 Å². The lowest BCUT2D eigenvalue weighted by Crippen LogP contribution is -2.26. The summed E-state index contributed by atoms with van der Waals surface area (Å²) in [6.45, 7) is 1.94. The van der Waals surface area contributed by atoms with Crippen molar-refractivity contribution in [1.82, 2.24) is 0 Å². The third-order valence-electron chi connectivity index (χ3n) is 4.69. The first-order valence-corrected chi connectivity index (χ1v) is 12.0. The number of benzene rings is 3. The molecule has 0 aliphatic heterocycles. The molecule has 0 heterocycles. The minimum Gasteiger partial charge on any atom is -0.462 e. The SMILES string of the molecule is CCOC(=O)c1ccc(NC(=O)c2ccc(N(C)S(=O)(=O)c3ccc(Cl)cc3)cc2)c(Cl)c1. The maximum atomic E-state index is 12.8. The second-order valence-electron chi connectivity index (χ2n) is 6.84. The monoisotopic (exact) mass is 506 g/mol. The quantitative estimate of drug-likeness (QED) is 0.441. The molecule has 0 radical (unpaired) electrons. The smallest absolute Gasteiger partial charge is 0.338 e. The van der Waals surface area contributed by atoms with Gasteiger partial charge in [-0.25, -0.2) is 13.2 Å². The van der Waals surface area contributed by atoms with Crippen LogP contribution >= 0.6 is 23.2 Å². The molecule has 7 nitrogen and oxygen atoms in total. The first-order chi connectivity index (χ1) is 15.6. The lowest BCUT2D eigenvalue weighted by Gasteiger charge is -2.20. The van der Waals surface area contributed by atoms with Crippen LogP contribution in [-0.4, -0.2) is 33.9 Å². The number of hydrogen-bond donors (Lipinski definition) is 1. The Bertz CT molecular complexity index is 1280. The van der Waals surface area contributed by atoms with Gasteiger partial charge in [-0.1, -0.05) is 23.2 Å². The predicted octanol–water partition coefficient (Wildman–Crippen LogP) is 5.25. The second-order valence-corrected chi connectivity index (χ2v) is 9.66. The van der Waals surface area contributed by atoms with E-state index in [4.69, 9.17) is 27.9 Å². The second kappa shape index (κ2) is 10.2. The first-order valence-electron chi connectivity index (χ1n) is 9.76. The summed E-state index contributed by atoms with van der Waals surface area (Å²) < 4.78 is 31.7. The maximum Gasteiger partial charge on any atom is 0.338 e. The van der Waals surface area contributed by atoms with E-state index in [9.17, 15) is 18.0 Å². The van der Waals surface area contributed by atoms with Gasteiger partial charge in [-0.05, 0) is 73.7 Å². The van der Waals surface area contributed by atoms with Gasteiger partial charge in [-0.3, -0.25) is 9.10 Å². The molecule has 0 aliphatic rings. The highest BCUT2D eigenvalue weighted by molar-refractivity contribution is 7.92. The molecule has 0 unspecified atom stereocenters. The van der Waals surface area contributed by atoms with Crippen LogP contribution in [0.5, 0.6) is 0 Å². The van der Waals surface area contributed by atoms with Crippen LogP contribution < -0.4 is 9.62 Å². The van der Waals surface area contributed by atoms with E-state index < -0.39 is 21.9 Å². The van der Waals surface area contributed by atoms with E-state index >= 15 is 0 Å². The molecule has 0 aromatic heterocycles. The summed E-state index contributed by atoms with van der Waals surface area (Å²) in [5.74, 6) is -0.957. The Kier molecular flexibility index (Phi) is 7.63. The van der Waals surface area contributed by atoms with Crippen molar-refractivity contribution >= 4 is 56.5 Å². The maximum absolute atomic E-state index is 12.8. The minimum absolute atomic E-state index is 0.0946. The molecule has 1 N–H and O–H groups in total. The van der Waals surface area contributed by atoms with E-state index in [2.05, 4.69) is 5.32 Å². The molecular weight excluding hydrogens is 487 g/mol. The molecule has 0 fully saturated rings. The van der Waals surface area contributed by atoms with E-state index in [1.54, 1.807) is 6.92 Å². The van der Waals surface area contributed by atoms with Crippen molar-refractivity contribution in [2.75, 3.05) is 23.3 Å². The fraction of sp³-hybridized carbons (Fsp3) is 0.130. The first kappa shape index (κ1) is 24.6. The summed E-state index contributed by atoms with van der Waals surface area (Å²) in [5, 5.41) is 3.28. The predicted molar refractivity (Wildman–Crippen MR) is 129 cm³/mol. The van der Waals surface area contributed by atoms with Gasteiger partial charge in [-0.15, -0.1) is 0 Å². The molecule has 0 spiro atoms. The normalized spacial score (nSPS) is 11.0. The Morgan fingerprint density at radius 3 is 2.12 bits per heavy atom. The molecule has 1 amide bonds. The van der Waals surface area contributed by atoms with E-state index in [1.165, 1.54) is 73.8 Å². The van der Waals surface area contributed by atoms with Crippen LogP contribution in [0.4, 0.5) is 11.4 Å². The Morgan fingerprint density at radius 2 is 1.55 bits per heavy atom. The molecule has 0 aliphatic carbocycles. The number of anilines is 2. The zero-order chi connectivity index (χ0) is 24.2. The molecule has 172 valence electrons. The number of ether oxygens (including phenoxy) is 1. The molecule has 0 bridgehead atoms. The fourth-order valence-corrected chi connectivity index (χ4v) is 4.43. The van der Waals surface area contributed by atoms with Gasteiger partial charge in [0.1, 0.15) is 0 Å².